The lowest BCUT2D eigenvalue weighted by molar-refractivity contribution is -0.0198. The molecular weight excluding hydrogens is 202 g/mol. The number of hydrogen-bond acceptors (Lipinski definition) is 3. The molecule has 0 unspecified atom stereocenters. The van der Waals surface area contributed by atoms with Gasteiger partial charge in [0.25, 0.3) is 0 Å². The van der Waals surface area contributed by atoms with Crippen molar-refractivity contribution in [1.29, 1.82) is 0 Å². The van der Waals surface area contributed by atoms with Crippen molar-refractivity contribution in [2.24, 2.45) is 0 Å². The van der Waals surface area contributed by atoms with Gasteiger partial charge in [0.2, 0.25) is 0 Å². The molecular formula is C13H29NO2. The van der Waals surface area contributed by atoms with Gasteiger partial charge in [0.05, 0.1) is 18.8 Å². The van der Waals surface area contributed by atoms with Crippen LogP contribution in [0.1, 0.15) is 47.5 Å². The molecule has 0 spiro atoms. The van der Waals surface area contributed by atoms with Crippen LogP contribution in [0.25, 0.3) is 0 Å². The Morgan fingerprint density at radius 1 is 1.12 bits per heavy atom. The zero-order valence-corrected chi connectivity index (χ0v) is 11.6. The van der Waals surface area contributed by atoms with Gasteiger partial charge in [0.1, 0.15) is 0 Å². The Morgan fingerprint density at radius 3 is 2.06 bits per heavy atom. The summed E-state index contributed by atoms with van der Waals surface area (Å²) in [6.45, 7) is 13.2. The Balaban J connectivity index is 4.02. The Morgan fingerprint density at radius 2 is 1.69 bits per heavy atom. The molecule has 0 atom stereocenters. The molecule has 1 N–H and O–H groups in total. The first-order chi connectivity index (χ1) is 7.44. The van der Waals surface area contributed by atoms with E-state index in [4.69, 9.17) is 9.84 Å². The first kappa shape index (κ1) is 15.9. The van der Waals surface area contributed by atoms with Gasteiger partial charge in [-0.25, -0.2) is 0 Å². The van der Waals surface area contributed by atoms with Crippen molar-refractivity contribution in [3.63, 3.8) is 0 Å². The SMILES string of the molecule is CCC(CC)N(CCO)CCOC(C)(C)C. The number of hydrogen-bond donors (Lipinski definition) is 1. The second kappa shape index (κ2) is 8.04. The Bertz CT molecular complexity index is 162. The van der Waals surface area contributed by atoms with E-state index >= 15 is 0 Å². The molecule has 0 bridgehead atoms. The van der Waals surface area contributed by atoms with Crippen molar-refractivity contribution in [1.82, 2.24) is 4.90 Å². The maximum Gasteiger partial charge on any atom is 0.0600 e. The molecule has 0 aliphatic carbocycles. The predicted molar refractivity (Wildman–Crippen MR) is 68.7 cm³/mol. The summed E-state index contributed by atoms with van der Waals surface area (Å²) in [7, 11) is 0. The minimum atomic E-state index is -0.0706. The number of ether oxygens (including phenoxy) is 1. The van der Waals surface area contributed by atoms with E-state index in [1.807, 2.05) is 0 Å². The zero-order valence-electron chi connectivity index (χ0n) is 11.6. The van der Waals surface area contributed by atoms with E-state index in [2.05, 4.69) is 39.5 Å². The van der Waals surface area contributed by atoms with Crippen molar-refractivity contribution in [3.8, 4) is 0 Å². The summed E-state index contributed by atoms with van der Waals surface area (Å²) in [6, 6.07) is 0.565. The van der Waals surface area contributed by atoms with Gasteiger partial charge >= 0.3 is 0 Å². The standard InChI is InChI=1S/C13H29NO2/c1-6-12(7-2)14(8-10-15)9-11-16-13(3,4)5/h12,15H,6-11H2,1-5H3. The summed E-state index contributed by atoms with van der Waals surface area (Å²) in [4.78, 5) is 2.33. The molecule has 0 aromatic heterocycles. The number of aliphatic hydroxyl groups is 1. The molecule has 3 nitrogen and oxygen atoms in total. The van der Waals surface area contributed by atoms with E-state index in [1.54, 1.807) is 0 Å². The Kier molecular flexibility index (Phi) is 7.98. The average Bonchev–Trinajstić information content (AvgIpc) is 2.17. The molecule has 98 valence electrons. The minimum Gasteiger partial charge on any atom is -0.395 e. The molecule has 0 fully saturated rings. The van der Waals surface area contributed by atoms with Gasteiger partial charge in [-0.05, 0) is 33.6 Å². The highest BCUT2D eigenvalue weighted by Crippen LogP contribution is 2.10. The van der Waals surface area contributed by atoms with Gasteiger partial charge in [0.15, 0.2) is 0 Å². The van der Waals surface area contributed by atoms with E-state index in [1.165, 1.54) is 0 Å². The summed E-state index contributed by atoms with van der Waals surface area (Å²) >= 11 is 0. The number of aliphatic hydroxyl groups excluding tert-OH is 1. The minimum absolute atomic E-state index is 0.0706. The highest BCUT2D eigenvalue weighted by atomic mass is 16.5. The largest absolute Gasteiger partial charge is 0.395 e. The van der Waals surface area contributed by atoms with E-state index in [-0.39, 0.29) is 12.2 Å². The van der Waals surface area contributed by atoms with E-state index < -0.39 is 0 Å². The van der Waals surface area contributed by atoms with Gasteiger partial charge < -0.3 is 9.84 Å². The topological polar surface area (TPSA) is 32.7 Å². The fourth-order valence-electron chi connectivity index (χ4n) is 1.88. The molecule has 16 heavy (non-hydrogen) atoms. The highest BCUT2D eigenvalue weighted by molar-refractivity contribution is 4.69. The first-order valence-corrected chi connectivity index (χ1v) is 6.43. The third-order valence-electron chi connectivity index (χ3n) is 2.76. The molecule has 0 rings (SSSR count). The summed E-state index contributed by atoms with van der Waals surface area (Å²) in [5, 5.41) is 9.05. The highest BCUT2D eigenvalue weighted by Gasteiger charge is 2.16. The lowest BCUT2D eigenvalue weighted by atomic mass is 10.1. The van der Waals surface area contributed by atoms with Crippen LogP contribution in [0, 0.1) is 0 Å². The Labute approximate surface area is 101 Å². The van der Waals surface area contributed by atoms with Crippen LogP contribution in [0.15, 0.2) is 0 Å². The van der Waals surface area contributed by atoms with Crippen molar-refractivity contribution in [3.05, 3.63) is 0 Å². The van der Waals surface area contributed by atoms with Crippen LogP contribution in [0.2, 0.25) is 0 Å². The molecule has 0 radical (unpaired) electrons. The van der Waals surface area contributed by atoms with Crippen molar-refractivity contribution >= 4 is 0 Å². The fraction of sp³-hybridized carbons (Fsp3) is 1.00. The molecule has 0 aliphatic rings. The van der Waals surface area contributed by atoms with Gasteiger partial charge in [-0.15, -0.1) is 0 Å². The van der Waals surface area contributed by atoms with E-state index in [0.717, 1.165) is 32.5 Å². The molecule has 0 aromatic rings. The van der Waals surface area contributed by atoms with Crippen LogP contribution in [0.3, 0.4) is 0 Å². The average molecular weight is 231 g/mol. The van der Waals surface area contributed by atoms with Crippen LogP contribution in [-0.2, 0) is 4.74 Å². The smallest absolute Gasteiger partial charge is 0.0600 e. The number of rotatable bonds is 8. The third kappa shape index (κ3) is 7.20. The van der Waals surface area contributed by atoms with Crippen LogP contribution >= 0.6 is 0 Å². The Hall–Kier alpha value is -0.120. The van der Waals surface area contributed by atoms with Crippen molar-refractivity contribution in [2.45, 2.75) is 59.1 Å². The third-order valence-corrected chi connectivity index (χ3v) is 2.76. The second-order valence-electron chi connectivity index (χ2n) is 5.19. The molecule has 0 heterocycles. The molecule has 0 saturated heterocycles. The van der Waals surface area contributed by atoms with Crippen LogP contribution in [0.4, 0.5) is 0 Å². The normalized spacial score (nSPS) is 12.8. The van der Waals surface area contributed by atoms with Crippen LogP contribution in [-0.4, -0.2) is 48.0 Å². The van der Waals surface area contributed by atoms with E-state index in [0.29, 0.717) is 6.04 Å². The summed E-state index contributed by atoms with van der Waals surface area (Å²) in [6.07, 6.45) is 2.26. The summed E-state index contributed by atoms with van der Waals surface area (Å²) in [5.41, 5.74) is -0.0706. The van der Waals surface area contributed by atoms with Gasteiger partial charge in [0, 0.05) is 19.1 Å². The monoisotopic (exact) mass is 231 g/mol. The van der Waals surface area contributed by atoms with Crippen molar-refractivity contribution < 1.29 is 9.84 Å². The maximum atomic E-state index is 9.05. The lowest BCUT2D eigenvalue weighted by Crippen LogP contribution is -2.40. The molecule has 0 saturated carbocycles. The van der Waals surface area contributed by atoms with E-state index in [9.17, 15) is 0 Å². The van der Waals surface area contributed by atoms with Gasteiger partial charge in [-0.2, -0.15) is 0 Å². The van der Waals surface area contributed by atoms with Gasteiger partial charge in [-0.3, -0.25) is 4.90 Å². The predicted octanol–water partition coefficient (Wildman–Crippen LogP) is 2.28. The molecule has 3 heteroatoms. The lowest BCUT2D eigenvalue weighted by Gasteiger charge is -2.31. The summed E-state index contributed by atoms with van der Waals surface area (Å²) < 4.78 is 5.72. The van der Waals surface area contributed by atoms with Crippen LogP contribution < -0.4 is 0 Å². The summed E-state index contributed by atoms with van der Waals surface area (Å²) in [5.74, 6) is 0. The molecule has 0 aromatic carbocycles. The fourth-order valence-corrected chi connectivity index (χ4v) is 1.88. The van der Waals surface area contributed by atoms with Crippen LogP contribution in [0.5, 0.6) is 0 Å². The zero-order chi connectivity index (χ0) is 12.6. The maximum absolute atomic E-state index is 9.05. The number of nitrogens with zero attached hydrogens (tertiary/aromatic N) is 1. The quantitative estimate of drug-likeness (QED) is 0.695. The van der Waals surface area contributed by atoms with Gasteiger partial charge in [-0.1, -0.05) is 13.8 Å². The second-order valence-corrected chi connectivity index (χ2v) is 5.19. The van der Waals surface area contributed by atoms with Crippen molar-refractivity contribution in [2.75, 3.05) is 26.3 Å². The molecule has 0 aliphatic heterocycles. The molecule has 0 amide bonds. The first-order valence-electron chi connectivity index (χ1n) is 6.43.